The van der Waals surface area contributed by atoms with E-state index in [0.717, 1.165) is 56.5 Å². The minimum Gasteiger partial charge on any atom is -0.357 e. The predicted molar refractivity (Wildman–Crippen MR) is 123 cm³/mol. The molecule has 1 aromatic carbocycles. The molecule has 0 amide bonds. The summed E-state index contributed by atoms with van der Waals surface area (Å²) in [6, 6.07) is 7.98. The molecule has 27 heavy (non-hydrogen) atoms. The summed E-state index contributed by atoms with van der Waals surface area (Å²) < 4.78 is 24.7. The van der Waals surface area contributed by atoms with E-state index in [9.17, 15) is 8.42 Å². The molecule has 154 valence electrons. The molecule has 0 radical (unpaired) electrons. The van der Waals surface area contributed by atoms with Crippen molar-refractivity contribution in [2.45, 2.75) is 13.5 Å². The van der Waals surface area contributed by atoms with Gasteiger partial charge in [0.25, 0.3) is 0 Å². The van der Waals surface area contributed by atoms with Gasteiger partial charge in [0.1, 0.15) is 0 Å². The van der Waals surface area contributed by atoms with Gasteiger partial charge in [-0.05, 0) is 24.6 Å². The molecule has 2 rings (SSSR count). The van der Waals surface area contributed by atoms with Crippen LogP contribution in [0.25, 0.3) is 0 Å². The van der Waals surface area contributed by atoms with E-state index < -0.39 is 10.0 Å². The Morgan fingerprint density at radius 3 is 2.37 bits per heavy atom. The number of piperazine rings is 1. The highest BCUT2D eigenvalue weighted by molar-refractivity contribution is 14.0. The van der Waals surface area contributed by atoms with Crippen molar-refractivity contribution in [3.05, 3.63) is 34.9 Å². The average Bonchev–Trinajstić information content (AvgIpc) is 2.60. The van der Waals surface area contributed by atoms with Crippen LogP contribution in [0.3, 0.4) is 0 Å². The topological polar surface area (TPSA) is 77.0 Å². The van der Waals surface area contributed by atoms with Crippen molar-refractivity contribution in [1.82, 2.24) is 19.8 Å². The smallest absolute Gasteiger partial charge is 0.208 e. The fourth-order valence-electron chi connectivity index (χ4n) is 2.78. The highest BCUT2D eigenvalue weighted by Gasteiger charge is 2.19. The quantitative estimate of drug-likeness (QED) is 0.243. The SMILES string of the molecule is CCNC(=NCCNS(C)(=O)=O)N1CCN(Cc2ccc(Cl)cc2)CC1.I. The van der Waals surface area contributed by atoms with Crippen molar-refractivity contribution >= 4 is 51.6 Å². The van der Waals surface area contributed by atoms with Crippen LogP contribution >= 0.6 is 35.6 Å². The van der Waals surface area contributed by atoms with Crippen molar-refractivity contribution in [1.29, 1.82) is 0 Å². The second-order valence-electron chi connectivity index (χ2n) is 6.29. The number of nitrogens with zero attached hydrogens (tertiary/aromatic N) is 3. The molecule has 0 unspecified atom stereocenters. The van der Waals surface area contributed by atoms with E-state index in [1.54, 1.807) is 0 Å². The molecule has 0 spiro atoms. The molecule has 1 aliphatic rings. The van der Waals surface area contributed by atoms with E-state index in [4.69, 9.17) is 11.6 Å². The molecule has 1 aromatic rings. The summed E-state index contributed by atoms with van der Waals surface area (Å²) >= 11 is 5.94. The van der Waals surface area contributed by atoms with Crippen LogP contribution in [0.15, 0.2) is 29.3 Å². The van der Waals surface area contributed by atoms with Gasteiger partial charge in [-0.2, -0.15) is 0 Å². The molecular weight excluding hydrogens is 501 g/mol. The Balaban J connectivity index is 0.00000364. The number of rotatable bonds is 7. The third-order valence-corrected chi connectivity index (χ3v) is 5.04. The summed E-state index contributed by atoms with van der Waals surface area (Å²) in [6.07, 6.45) is 1.15. The molecule has 0 bridgehead atoms. The van der Waals surface area contributed by atoms with E-state index in [1.807, 2.05) is 19.1 Å². The average molecular weight is 530 g/mol. The fraction of sp³-hybridized carbons (Fsp3) is 0.588. The number of guanidine groups is 1. The third-order valence-electron chi connectivity index (χ3n) is 4.06. The second-order valence-corrected chi connectivity index (χ2v) is 8.56. The number of benzene rings is 1. The molecule has 1 aliphatic heterocycles. The summed E-state index contributed by atoms with van der Waals surface area (Å²) in [5.41, 5.74) is 1.26. The fourth-order valence-corrected chi connectivity index (χ4v) is 3.37. The number of halogens is 2. The molecular formula is C17H29ClIN5O2S. The minimum atomic E-state index is -3.17. The standard InChI is InChI=1S/C17H28ClN5O2S.HI/c1-3-19-17(20-8-9-21-26(2,24)25)23-12-10-22(11-13-23)14-15-4-6-16(18)7-5-15;/h4-7,21H,3,8-14H2,1-2H3,(H,19,20);1H. The first-order valence-electron chi connectivity index (χ1n) is 8.82. The van der Waals surface area contributed by atoms with Crippen molar-refractivity contribution in [3.63, 3.8) is 0 Å². The first-order valence-corrected chi connectivity index (χ1v) is 11.1. The second kappa shape index (κ2) is 12.1. The maximum absolute atomic E-state index is 11.1. The van der Waals surface area contributed by atoms with Crippen LogP contribution in [0.2, 0.25) is 5.02 Å². The molecule has 0 aliphatic carbocycles. The van der Waals surface area contributed by atoms with Crippen molar-refractivity contribution < 1.29 is 8.42 Å². The number of hydrogen-bond acceptors (Lipinski definition) is 4. The third kappa shape index (κ3) is 9.42. The zero-order chi connectivity index (χ0) is 19.0. The first-order chi connectivity index (χ1) is 12.4. The zero-order valence-corrected chi connectivity index (χ0v) is 19.7. The summed E-state index contributed by atoms with van der Waals surface area (Å²) in [5, 5.41) is 4.05. The Morgan fingerprint density at radius 1 is 1.19 bits per heavy atom. The maximum atomic E-state index is 11.1. The lowest BCUT2D eigenvalue weighted by Gasteiger charge is -2.36. The van der Waals surface area contributed by atoms with Crippen molar-refractivity contribution in [2.24, 2.45) is 4.99 Å². The Hall–Kier alpha value is -0.620. The molecule has 0 saturated carbocycles. The van der Waals surface area contributed by atoms with Gasteiger partial charge in [0, 0.05) is 50.8 Å². The molecule has 10 heteroatoms. The summed E-state index contributed by atoms with van der Waals surface area (Å²) in [6.45, 7) is 8.13. The number of nitrogens with one attached hydrogen (secondary N) is 2. The van der Waals surface area contributed by atoms with Gasteiger partial charge >= 0.3 is 0 Å². The number of aliphatic imine (C=N–C) groups is 1. The van der Waals surface area contributed by atoms with E-state index in [1.165, 1.54) is 5.56 Å². The monoisotopic (exact) mass is 529 g/mol. The molecule has 0 atom stereocenters. The van der Waals surface area contributed by atoms with Crippen molar-refractivity contribution in [2.75, 3.05) is 52.1 Å². The van der Waals surface area contributed by atoms with Crippen LogP contribution in [-0.2, 0) is 16.6 Å². The van der Waals surface area contributed by atoms with Gasteiger partial charge in [-0.15, -0.1) is 24.0 Å². The summed E-state index contributed by atoms with van der Waals surface area (Å²) in [4.78, 5) is 9.17. The lowest BCUT2D eigenvalue weighted by molar-refractivity contribution is 0.172. The van der Waals surface area contributed by atoms with Crippen LogP contribution in [0.1, 0.15) is 12.5 Å². The first kappa shape index (κ1) is 24.4. The van der Waals surface area contributed by atoms with Gasteiger partial charge in [0.15, 0.2) is 5.96 Å². The molecule has 1 fully saturated rings. The van der Waals surface area contributed by atoms with Crippen LogP contribution in [0.5, 0.6) is 0 Å². The van der Waals surface area contributed by atoms with Crippen molar-refractivity contribution in [3.8, 4) is 0 Å². The molecule has 2 N–H and O–H groups in total. The Labute approximate surface area is 184 Å². The van der Waals surface area contributed by atoms with Crippen LogP contribution in [-0.4, -0.2) is 76.2 Å². The highest BCUT2D eigenvalue weighted by Crippen LogP contribution is 2.13. The normalized spacial score (nSPS) is 16.1. The van der Waals surface area contributed by atoms with Gasteiger partial charge in [0.05, 0.1) is 12.8 Å². The minimum absolute atomic E-state index is 0. The molecule has 7 nitrogen and oxygen atoms in total. The lowest BCUT2D eigenvalue weighted by Crippen LogP contribution is -2.52. The Bertz CT molecular complexity index is 692. The largest absolute Gasteiger partial charge is 0.357 e. The van der Waals surface area contributed by atoms with Crippen LogP contribution in [0, 0.1) is 0 Å². The zero-order valence-electron chi connectivity index (χ0n) is 15.8. The molecule has 1 heterocycles. The van der Waals surface area contributed by atoms with Crippen LogP contribution in [0.4, 0.5) is 0 Å². The van der Waals surface area contributed by atoms with Gasteiger partial charge < -0.3 is 10.2 Å². The van der Waals surface area contributed by atoms with E-state index in [0.29, 0.717) is 13.1 Å². The van der Waals surface area contributed by atoms with E-state index in [2.05, 4.69) is 37.0 Å². The maximum Gasteiger partial charge on any atom is 0.208 e. The van der Waals surface area contributed by atoms with Gasteiger partial charge in [-0.3, -0.25) is 9.89 Å². The Kier molecular flexibility index (Phi) is 10.9. The number of hydrogen-bond donors (Lipinski definition) is 2. The number of sulfonamides is 1. The Morgan fingerprint density at radius 2 is 1.81 bits per heavy atom. The highest BCUT2D eigenvalue weighted by atomic mass is 127. The molecule has 1 saturated heterocycles. The van der Waals surface area contributed by atoms with Gasteiger partial charge in [-0.1, -0.05) is 23.7 Å². The summed E-state index contributed by atoms with van der Waals surface area (Å²) in [5.74, 6) is 0.842. The van der Waals surface area contributed by atoms with E-state index in [-0.39, 0.29) is 24.0 Å². The van der Waals surface area contributed by atoms with E-state index >= 15 is 0 Å². The molecule has 0 aromatic heterocycles. The van der Waals surface area contributed by atoms with Gasteiger partial charge in [-0.25, -0.2) is 13.1 Å². The summed E-state index contributed by atoms with van der Waals surface area (Å²) in [7, 11) is -3.17. The van der Waals surface area contributed by atoms with Gasteiger partial charge in [0.2, 0.25) is 10.0 Å². The van der Waals surface area contributed by atoms with Crippen LogP contribution < -0.4 is 10.0 Å². The lowest BCUT2D eigenvalue weighted by atomic mass is 10.2. The predicted octanol–water partition coefficient (Wildman–Crippen LogP) is 1.59.